The molecule has 3 aromatic carbocycles. The maximum absolute atomic E-state index is 13.9. The highest BCUT2D eigenvalue weighted by atomic mass is 19.1. The number of para-hydroxylation sites is 1. The monoisotopic (exact) mass is 337 g/mol. The van der Waals surface area contributed by atoms with Gasteiger partial charge in [0.1, 0.15) is 23.4 Å². The summed E-state index contributed by atoms with van der Waals surface area (Å²) in [6.07, 6.45) is -0.393. The molecule has 3 nitrogen and oxygen atoms in total. The standard InChI is InChI=1S/C21H20FNO2/c1-15(19-7-3-4-8-20(19)22)25-21-9-5-2-6-16(21)14-23-17-10-12-18(24)13-11-17/h2-13,15,23-24H,14H2,1H3/t15-/m1/s1. The highest BCUT2D eigenvalue weighted by Gasteiger charge is 2.13. The van der Waals surface area contributed by atoms with E-state index in [1.54, 1.807) is 42.5 Å². The lowest BCUT2D eigenvalue weighted by Crippen LogP contribution is -2.08. The van der Waals surface area contributed by atoms with Crippen molar-refractivity contribution in [3.05, 3.63) is 89.7 Å². The molecule has 0 fully saturated rings. The maximum Gasteiger partial charge on any atom is 0.130 e. The fourth-order valence-electron chi connectivity index (χ4n) is 2.60. The van der Waals surface area contributed by atoms with Gasteiger partial charge in [-0.25, -0.2) is 4.39 Å². The molecule has 0 saturated carbocycles. The Kier molecular flexibility index (Phi) is 5.19. The minimum Gasteiger partial charge on any atom is -0.508 e. The number of rotatable bonds is 6. The van der Waals surface area contributed by atoms with E-state index >= 15 is 0 Å². The molecule has 0 radical (unpaired) electrons. The summed E-state index contributed by atoms with van der Waals surface area (Å²) >= 11 is 0. The molecule has 25 heavy (non-hydrogen) atoms. The van der Waals surface area contributed by atoms with Gasteiger partial charge in [-0.15, -0.1) is 0 Å². The van der Waals surface area contributed by atoms with Crippen molar-refractivity contribution in [2.45, 2.75) is 19.6 Å². The second kappa shape index (κ2) is 7.71. The molecular weight excluding hydrogens is 317 g/mol. The molecule has 0 aliphatic rings. The number of hydrogen-bond donors (Lipinski definition) is 2. The van der Waals surface area contributed by atoms with Crippen LogP contribution in [0.25, 0.3) is 0 Å². The fourth-order valence-corrected chi connectivity index (χ4v) is 2.60. The zero-order valence-electron chi connectivity index (χ0n) is 13.9. The Balaban J connectivity index is 1.72. The lowest BCUT2D eigenvalue weighted by Gasteiger charge is -2.18. The van der Waals surface area contributed by atoms with Crippen molar-refractivity contribution >= 4 is 5.69 Å². The van der Waals surface area contributed by atoms with E-state index in [4.69, 9.17) is 4.74 Å². The minimum atomic E-state index is -0.393. The molecule has 0 bridgehead atoms. The summed E-state index contributed by atoms with van der Waals surface area (Å²) in [6.45, 7) is 2.40. The van der Waals surface area contributed by atoms with Crippen LogP contribution in [-0.4, -0.2) is 5.11 Å². The van der Waals surface area contributed by atoms with Gasteiger partial charge in [-0.1, -0.05) is 36.4 Å². The number of hydrogen-bond acceptors (Lipinski definition) is 3. The van der Waals surface area contributed by atoms with Gasteiger partial charge in [-0.05, 0) is 43.3 Å². The zero-order chi connectivity index (χ0) is 17.6. The van der Waals surface area contributed by atoms with Crippen molar-refractivity contribution in [2.75, 3.05) is 5.32 Å². The van der Waals surface area contributed by atoms with Gasteiger partial charge in [-0.3, -0.25) is 0 Å². The predicted octanol–water partition coefficient (Wildman–Crippen LogP) is 5.28. The van der Waals surface area contributed by atoms with Crippen LogP contribution in [-0.2, 0) is 6.54 Å². The van der Waals surface area contributed by atoms with Crippen LogP contribution < -0.4 is 10.1 Å². The smallest absolute Gasteiger partial charge is 0.130 e. The first-order valence-electron chi connectivity index (χ1n) is 8.15. The van der Waals surface area contributed by atoms with Crippen molar-refractivity contribution in [3.63, 3.8) is 0 Å². The van der Waals surface area contributed by atoms with Gasteiger partial charge in [0, 0.05) is 23.4 Å². The number of phenolic OH excluding ortho intramolecular Hbond substituents is 1. The number of halogens is 1. The highest BCUT2D eigenvalue weighted by Crippen LogP contribution is 2.27. The predicted molar refractivity (Wildman–Crippen MR) is 97.3 cm³/mol. The lowest BCUT2D eigenvalue weighted by molar-refractivity contribution is 0.219. The molecule has 1 atom stereocenters. The Bertz CT molecular complexity index is 833. The van der Waals surface area contributed by atoms with E-state index in [1.165, 1.54) is 6.07 Å². The van der Waals surface area contributed by atoms with Crippen LogP contribution in [0.3, 0.4) is 0 Å². The quantitative estimate of drug-likeness (QED) is 0.601. The second-order valence-corrected chi connectivity index (χ2v) is 5.79. The van der Waals surface area contributed by atoms with Gasteiger partial charge in [0.15, 0.2) is 0 Å². The van der Waals surface area contributed by atoms with Crippen molar-refractivity contribution in [3.8, 4) is 11.5 Å². The van der Waals surface area contributed by atoms with Gasteiger partial charge in [0.25, 0.3) is 0 Å². The van der Waals surface area contributed by atoms with E-state index in [9.17, 15) is 9.50 Å². The van der Waals surface area contributed by atoms with Gasteiger partial charge in [0.05, 0.1) is 0 Å². The molecule has 128 valence electrons. The summed E-state index contributed by atoms with van der Waals surface area (Å²) in [6, 6.07) is 21.2. The third-order valence-corrected chi connectivity index (χ3v) is 3.97. The second-order valence-electron chi connectivity index (χ2n) is 5.79. The van der Waals surface area contributed by atoms with E-state index in [-0.39, 0.29) is 11.6 Å². The Morgan fingerprint density at radius 3 is 2.40 bits per heavy atom. The molecule has 0 heterocycles. The first-order chi connectivity index (χ1) is 12.1. The molecule has 0 amide bonds. The van der Waals surface area contributed by atoms with Crippen LogP contribution in [0.15, 0.2) is 72.8 Å². The highest BCUT2D eigenvalue weighted by molar-refractivity contribution is 5.47. The van der Waals surface area contributed by atoms with E-state index in [2.05, 4.69) is 5.32 Å². The molecule has 0 aromatic heterocycles. The number of ether oxygens (including phenoxy) is 1. The summed E-state index contributed by atoms with van der Waals surface area (Å²) in [5.41, 5.74) is 2.40. The Labute approximate surface area is 146 Å². The van der Waals surface area contributed by atoms with E-state index in [0.29, 0.717) is 17.9 Å². The summed E-state index contributed by atoms with van der Waals surface area (Å²) in [4.78, 5) is 0. The molecule has 0 aliphatic heterocycles. The van der Waals surface area contributed by atoms with E-state index in [1.807, 2.05) is 31.2 Å². The fraction of sp³-hybridized carbons (Fsp3) is 0.143. The van der Waals surface area contributed by atoms with Gasteiger partial charge < -0.3 is 15.2 Å². The van der Waals surface area contributed by atoms with Crippen LogP contribution in [0.4, 0.5) is 10.1 Å². The number of phenols is 1. The average Bonchev–Trinajstić information content (AvgIpc) is 2.62. The maximum atomic E-state index is 13.9. The molecule has 0 spiro atoms. The topological polar surface area (TPSA) is 41.5 Å². The summed E-state index contributed by atoms with van der Waals surface area (Å²) in [5, 5.41) is 12.6. The molecule has 0 unspecified atom stereocenters. The van der Waals surface area contributed by atoms with Crippen LogP contribution in [0.2, 0.25) is 0 Å². The zero-order valence-corrected chi connectivity index (χ0v) is 13.9. The number of benzene rings is 3. The molecule has 2 N–H and O–H groups in total. The Morgan fingerprint density at radius 1 is 0.960 bits per heavy atom. The third-order valence-electron chi connectivity index (χ3n) is 3.97. The normalized spacial score (nSPS) is 11.8. The Morgan fingerprint density at radius 2 is 1.64 bits per heavy atom. The van der Waals surface area contributed by atoms with Crippen molar-refractivity contribution < 1.29 is 14.2 Å². The summed E-state index contributed by atoms with van der Waals surface area (Å²) in [7, 11) is 0. The molecule has 0 aliphatic carbocycles. The van der Waals surface area contributed by atoms with Crippen LogP contribution >= 0.6 is 0 Å². The lowest BCUT2D eigenvalue weighted by atomic mass is 10.1. The first-order valence-corrected chi connectivity index (χ1v) is 8.15. The number of nitrogens with one attached hydrogen (secondary N) is 1. The Hall–Kier alpha value is -3.01. The first kappa shape index (κ1) is 16.8. The molecule has 0 saturated heterocycles. The van der Waals surface area contributed by atoms with Crippen LogP contribution in [0.5, 0.6) is 11.5 Å². The van der Waals surface area contributed by atoms with E-state index < -0.39 is 6.10 Å². The van der Waals surface area contributed by atoms with E-state index in [0.717, 1.165) is 11.3 Å². The minimum absolute atomic E-state index is 0.230. The third kappa shape index (κ3) is 4.29. The van der Waals surface area contributed by atoms with Gasteiger partial charge in [-0.2, -0.15) is 0 Å². The van der Waals surface area contributed by atoms with Gasteiger partial charge in [0.2, 0.25) is 0 Å². The van der Waals surface area contributed by atoms with Crippen molar-refractivity contribution in [1.82, 2.24) is 0 Å². The van der Waals surface area contributed by atoms with Crippen LogP contribution in [0.1, 0.15) is 24.2 Å². The molecule has 3 rings (SSSR count). The molecule has 3 aromatic rings. The average molecular weight is 337 g/mol. The number of anilines is 1. The SMILES string of the molecule is C[C@@H](Oc1ccccc1CNc1ccc(O)cc1)c1ccccc1F. The van der Waals surface area contributed by atoms with Gasteiger partial charge >= 0.3 is 0 Å². The summed E-state index contributed by atoms with van der Waals surface area (Å²) < 4.78 is 19.9. The summed E-state index contributed by atoms with van der Waals surface area (Å²) in [5.74, 6) is 0.673. The largest absolute Gasteiger partial charge is 0.508 e. The molecular formula is C21H20FNO2. The number of aromatic hydroxyl groups is 1. The van der Waals surface area contributed by atoms with Crippen molar-refractivity contribution in [2.24, 2.45) is 0 Å². The van der Waals surface area contributed by atoms with Crippen molar-refractivity contribution in [1.29, 1.82) is 0 Å². The molecule has 4 heteroatoms. The van der Waals surface area contributed by atoms with Crippen LogP contribution in [0, 0.1) is 5.82 Å².